The van der Waals surface area contributed by atoms with E-state index in [2.05, 4.69) is 26.1 Å². The number of nitrogens with one attached hydrogen (secondary N) is 1. The lowest BCUT2D eigenvalue weighted by Gasteiger charge is -2.34. The van der Waals surface area contributed by atoms with Gasteiger partial charge in [0.25, 0.3) is 0 Å². The fraction of sp³-hybridized carbons (Fsp3) is 0.929. The molecule has 100 valence electrons. The molecule has 3 nitrogen and oxygen atoms in total. The van der Waals surface area contributed by atoms with Crippen LogP contribution in [0, 0.1) is 5.92 Å². The summed E-state index contributed by atoms with van der Waals surface area (Å²) in [5.74, 6) is 1.13. The quantitative estimate of drug-likeness (QED) is 0.800. The van der Waals surface area contributed by atoms with Gasteiger partial charge in [-0.2, -0.15) is 0 Å². The van der Waals surface area contributed by atoms with Crippen molar-refractivity contribution in [2.24, 2.45) is 5.92 Å². The maximum absolute atomic E-state index is 12.0. The molecule has 3 heteroatoms. The lowest BCUT2D eigenvalue weighted by atomic mass is 9.84. The summed E-state index contributed by atoms with van der Waals surface area (Å²) in [5.41, 5.74) is 0. The first-order valence-corrected chi connectivity index (χ1v) is 7.03. The smallest absolute Gasteiger partial charge is 0.236 e. The first kappa shape index (κ1) is 14.5. The average molecular weight is 240 g/mol. The van der Waals surface area contributed by atoms with Gasteiger partial charge in [-0.15, -0.1) is 0 Å². The van der Waals surface area contributed by atoms with Crippen molar-refractivity contribution in [3.63, 3.8) is 0 Å². The number of carbonyl (C=O) groups excluding carboxylic acids is 1. The van der Waals surface area contributed by atoms with E-state index in [0.717, 1.165) is 5.92 Å². The Labute approximate surface area is 106 Å². The number of hydrogen-bond donors (Lipinski definition) is 1. The van der Waals surface area contributed by atoms with Crippen molar-refractivity contribution in [1.29, 1.82) is 0 Å². The van der Waals surface area contributed by atoms with Crippen molar-refractivity contribution in [3.05, 3.63) is 0 Å². The fourth-order valence-electron chi connectivity index (χ4n) is 2.56. The predicted molar refractivity (Wildman–Crippen MR) is 71.9 cm³/mol. The number of nitrogens with zero attached hydrogens (tertiary/aromatic N) is 1. The van der Waals surface area contributed by atoms with Gasteiger partial charge in [0, 0.05) is 19.1 Å². The zero-order valence-corrected chi connectivity index (χ0v) is 11.8. The highest BCUT2D eigenvalue weighted by Gasteiger charge is 2.25. The van der Waals surface area contributed by atoms with Gasteiger partial charge in [0.15, 0.2) is 0 Å². The van der Waals surface area contributed by atoms with Crippen LogP contribution in [0.2, 0.25) is 0 Å². The third-order valence-corrected chi connectivity index (χ3v) is 4.00. The maximum Gasteiger partial charge on any atom is 0.236 e. The Balaban J connectivity index is 2.32. The lowest BCUT2D eigenvalue weighted by Crippen LogP contribution is -2.44. The Morgan fingerprint density at radius 3 is 2.35 bits per heavy atom. The van der Waals surface area contributed by atoms with Crippen LogP contribution in [0.4, 0.5) is 0 Å². The van der Waals surface area contributed by atoms with E-state index in [4.69, 9.17) is 0 Å². The van der Waals surface area contributed by atoms with E-state index in [-0.39, 0.29) is 5.91 Å². The van der Waals surface area contributed by atoms with Crippen molar-refractivity contribution in [2.45, 2.75) is 65.0 Å². The number of amides is 1. The van der Waals surface area contributed by atoms with Crippen LogP contribution in [-0.2, 0) is 4.79 Å². The first-order valence-electron chi connectivity index (χ1n) is 7.03. The van der Waals surface area contributed by atoms with Crippen LogP contribution in [0.3, 0.4) is 0 Å². The molecule has 1 amide bonds. The van der Waals surface area contributed by atoms with Gasteiger partial charge in [-0.05, 0) is 31.6 Å². The molecule has 0 unspecified atom stereocenters. The molecule has 1 fully saturated rings. The van der Waals surface area contributed by atoms with Crippen molar-refractivity contribution < 1.29 is 4.79 Å². The van der Waals surface area contributed by atoms with Gasteiger partial charge >= 0.3 is 0 Å². The summed E-state index contributed by atoms with van der Waals surface area (Å²) in [6.45, 7) is 6.88. The molecule has 0 bridgehead atoms. The van der Waals surface area contributed by atoms with Gasteiger partial charge in [0.2, 0.25) is 5.91 Å². The number of rotatable bonds is 5. The SMILES string of the molecule is CCC1CCC(N(C)C(=O)CNC(C)C)CC1. The normalized spacial score (nSPS) is 25.0. The minimum absolute atomic E-state index is 0.235. The second-order valence-electron chi connectivity index (χ2n) is 5.62. The summed E-state index contributed by atoms with van der Waals surface area (Å²) in [4.78, 5) is 13.9. The molecular weight excluding hydrogens is 212 g/mol. The lowest BCUT2D eigenvalue weighted by molar-refractivity contribution is -0.131. The Morgan fingerprint density at radius 2 is 1.88 bits per heavy atom. The minimum Gasteiger partial charge on any atom is -0.342 e. The second kappa shape index (κ2) is 7.00. The summed E-state index contributed by atoms with van der Waals surface area (Å²) in [6.07, 6.45) is 6.23. The van der Waals surface area contributed by atoms with Crippen LogP contribution in [0.15, 0.2) is 0 Å². The molecule has 1 N–H and O–H groups in total. The molecule has 1 saturated carbocycles. The Morgan fingerprint density at radius 1 is 1.29 bits per heavy atom. The van der Waals surface area contributed by atoms with Crippen LogP contribution in [0.5, 0.6) is 0 Å². The molecule has 0 atom stereocenters. The monoisotopic (exact) mass is 240 g/mol. The van der Waals surface area contributed by atoms with E-state index in [1.807, 2.05) is 11.9 Å². The van der Waals surface area contributed by atoms with Gasteiger partial charge < -0.3 is 10.2 Å². The topological polar surface area (TPSA) is 32.3 Å². The molecule has 0 saturated heterocycles. The van der Waals surface area contributed by atoms with E-state index >= 15 is 0 Å². The first-order chi connectivity index (χ1) is 8.04. The number of carbonyl (C=O) groups is 1. The minimum atomic E-state index is 0.235. The molecule has 1 rings (SSSR count). The van der Waals surface area contributed by atoms with Crippen molar-refractivity contribution in [2.75, 3.05) is 13.6 Å². The molecule has 0 aromatic carbocycles. The van der Waals surface area contributed by atoms with E-state index in [1.165, 1.54) is 32.1 Å². The average Bonchev–Trinajstić information content (AvgIpc) is 2.35. The summed E-state index contributed by atoms with van der Waals surface area (Å²) < 4.78 is 0. The Bertz CT molecular complexity index is 232. The van der Waals surface area contributed by atoms with Crippen LogP contribution < -0.4 is 5.32 Å². The number of hydrogen-bond acceptors (Lipinski definition) is 2. The van der Waals surface area contributed by atoms with Gasteiger partial charge in [-0.3, -0.25) is 4.79 Å². The zero-order valence-electron chi connectivity index (χ0n) is 11.8. The molecule has 0 aliphatic heterocycles. The maximum atomic E-state index is 12.0. The molecule has 0 aromatic heterocycles. The van der Waals surface area contributed by atoms with Crippen molar-refractivity contribution in [3.8, 4) is 0 Å². The van der Waals surface area contributed by atoms with Gasteiger partial charge in [-0.1, -0.05) is 27.2 Å². The molecule has 0 radical (unpaired) electrons. The van der Waals surface area contributed by atoms with Gasteiger partial charge in [0.05, 0.1) is 6.54 Å². The van der Waals surface area contributed by atoms with Gasteiger partial charge in [0.1, 0.15) is 0 Å². The molecule has 17 heavy (non-hydrogen) atoms. The molecule has 1 aliphatic rings. The third kappa shape index (κ3) is 4.66. The summed E-state index contributed by atoms with van der Waals surface area (Å²) in [7, 11) is 1.96. The van der Waals surface area contributed by atoms with E-state index in [1.54, 1.807) is 0 Å². The van der Waals surface area contributed by atoms with Crippen LogP contribution in [0.1, 0.15) is 52.9 Å². The summed E-state index contributed by atoms with van der Waals surface area (Å²) >= 11 is 0. The Kier molecular flexibility index (Phi) is 5.96. The van der Waals surface area contributed by atoms with Crippen molar-refractivity contribution in [1.82, 2.24) is 10.2 Å². The Hall–Kier alpha value is -0.570. The molecular formula is C14H28N2O. The second-order valence-corrected chi connectivity index (χ2v) is 5.62. The predicted octanol–water partition coefficient (Wildman–Crippen LogP) is 2.41. The van der Waals surface area contributed by atoms with Crippen molar-refractivity contribution >= 4 is 5.91 Å². The van der Waals surface area contributed by atoms with Crippen LogP contribution in [-0.4, -0.2) is 36.5 Å². The highest BCUT2D eigenvalue weighted by atomic mass is 16.2. The zero-order chi connectivity index (χ0) is 12.8. The largest absolute Gasteiger partial charge is 0.342 e. The highest BCUT2D eigenvalue weighted by molar-refractivity contribution is 5.78. The fourth-order valence-corrected chi connectivity index (χ4v) is 2.56. The van der Waals surface area contributed by atoms with Crippen LogP contribution in [0.25, 0.3) is 0 Å². The van der Waals surface area contributed by atoms with E-state index in [9.17, 15) is 4.79 Å². The molecule has 1 aliphatic carbocycles. The number of likely N-dealkylation sites (N-methyl/N-ethyl adjacent to an activating group) is 1. The molecule has 0 spiro atoms. The summed E-state index contributed by atoms with van der Waals surface area (Å²) in [6, 6.07) is 0.849. The molecule has 0 heterocycles. The van der Waals surface area contributed by atoms with Gasteiger partial charge in [-0.25, -0.2) is 0 Å². The van der Waals surface area contributed by atoms with E-state index < -0.39 is 0 Å². The third-order valence-electron chi connectivity index (χ3n) is 4.00. The van der Waals surface area contributed by atoms with Crippen LogP contribution >= 0.6 is 0 Å². The standard InChI is InChI=1S/C14H28N2O/c1-5-12-6-8-13(9-7-12)16(4)14(17)10-15-11(2)3/h11-13,15H,5-10H2,1-4H3. The van der Waals surface area contributed by atoms with E-state index in [0.29, 0.717) is 18.6 Å². The highest BCUT2D eigenvalue weighted by Crippen LogP contribution is 2.28. The molecule has 0 aromatic rings. The summed E-state index contributed by atoms with van der Waals surface area (Å²) in [5, 5.41) is 3.19.